The predicted molar refractivity (Wildman–Crippen MR) is 127 cm³/mol. The molecule has 0 aliphatic carbocycles. The molecule has 2 N–H and O–H groups in total. The number of oxazole rings is 1. The van der Waals surface area contributed by atoms with Crippen LogP contribution < -0.4 is 15.8 Å². The summed E-state index contributed by atoms with van der Waals surface area (Å²) >= 11 is 0. The highest BCUT2D eigenvalue weighted by Crippen LogP contribution is 2.15. The molecule has 0 spiro atoms. The number of para-hydroxylation sites is 2. The minimum Gasteiger partial charge on any atom is -0.408 e. The second-order valence-electron chi connectivity index (χ2n) is 8.02. The Balaban J connectivity index is 1.25. The number of sulfonamides is 1. The van der Waals surface area contributed by atoms with Gasteiger partial charge in [0.1, 0.15) is 0 Å². The summed E-state index contributed by atoms with van der Waals surface area (Å²) in [7, 11) is -3.63. The van der Waals surface area contributed by atoms with Gasteiger partial charge in [-0.2, -0.15) is 0 Å². The van der Waals surface area contributed by atoms with Crippen LogP contribution in [0.25, 0.3) is 11.1 Å². The largest absolute Gasteiger partial charge is 0.419 e. The molecular weight excluding hydrogens is 460 g/mol. The van der Waals surface area contributed by atoms with Crippen molar-refractivity contribution in [3.8, 4) is 0 Å². The molecular formula is C23H28N4O6S. The normalized spacial score (nSPS) is 14.9. The zero-order chi connectivity index (χ0) is 24.0. The van der Waals surface area contributed by atoms with E-state index in [2.05, 4.69) is 14.9 Å². The number of aryl methyl sites for hydroxylation is 1. The Bertz CT molecular complexity index is 1280. The fourth-order valence-electron chi connectivity index (χ4n) is 3.80. The number of morpholine rings is 1. The van der Waals surface area contributed by atoms with Crippen molar-refractivity contribution in [1.82, 2.24) is 14.2 Å². The van der Waals surface area contributed by atoms with E-state index in [4.69, 9.17) is 9.15 Å². The van der Waals surface area contributed by atoms with Gasteiger partial charge in [0.25, 0.3) is 0 Å². The molecule has 0 radical (unpaired) electrons. The van der Waals surface area contributed by atoms with Gasteiger partial charge in [-0.15, -0.1) is 0 Å². The summed E-state index contributed by atoms with van der Waals surface area (Å²) in [6.45, 7) is 4.51. The molecule has 3 aromatic rings. The van der Waals surface area contributed by atoms with E-state index < -0.39 is 15.8 Å². The average Bonchev–Trinajstić information content (AvgIpc) is 3.16. The Morgan fingerprint density at radius 2 is 1.74 bits per heavy atom. The second kappa shape index (κ2) is 11.0. The number of nitrogens with zero attached hydrogens (tertiary/aromatic N) is 2. The SMILES string of the molecule is O=C(CCn1c(=O)oc2ccccc21)Nc1ccc(S(=O)(=O)NCCCN2CCOCC2)cc1. The summed E-state index contributed by atoms with van der Waals surface area (Å²) in [5.41, 5.74) is 1.58. The van der Waals surface area contributed by atoms with E-state index in [-0.39, 0.29) is 23.8 Å². The number of ether oxygens (including phenoxy) is 1. The third kappa shape index (κ3) is 6.11. The van der Waals surface area contributed by atoms with Gasteiger partial charge in [0.15, 0.2) is 5.58 Å². The second-order valence-corrected chi connectivity index (χ2v) is 9.78. The molecule has 0 atom stereocenters. The lowest BCUT2D eigenvalue weighted by Crippen LogP contribution is -2.38. The van der Waals surface area contributed by atoms with E-state index in [9.17, 15) is 18.0 Å². The van der Waals surface area contributed by atoms with Crippen molar-refractivity contribution in [2.24, 2.45) is 0 Å². The van der Waals surface area contributed by atoms with Crippen LogP contribution in [0.3, 0.4) is 0 Å². The van der Waals surface area contributed by atoms with E-state index in [1.165, 1.54) is 16.7 Å². The molecule has 1 aliphatic rings. The number of hydrogen-bond acceptors (Lipinski definition) is 7. The summed E-state index contributed by atoms with van der Waals surface area (Å²) < 4.78 is 39.5. The van der Waals surface area contributed by atoms with Crippen molar-refractivity contribution < 1.29 is 22.4 Å². The molecule has 182 valence electrons. The molecule has 2 heterocycles. The molecule has 1 aromatic heterocycles. The average molecular weight is 489 g/mol. The van der Waals surface area contributed by atoms with E-state index in [0.717, 1.165) is 19.6 Å². The van der Waals surface area contributed by atoms with E-state index in [0.29, 0.717) is 43.0 Å². The van der Waals surface area contributed by atoms with Crippen molar-refractivity contribution >= 4 is 32.7 Å². The number of benzene rings is 2. The molecule has 1 fully saturated rings. The molecule has 1 aliphatic heterocycles. The van der Waals surface area contributed by atoms with Gasteiger partial charge in [0.05, 0.1) is 23.6 Å². The molecule has 2 aromatic carbocycles. The Morgan fingerprint density at radius 3 is 2.50 bits per heavy atom. The van der Waals surface area contributed by atoms with Crippen LogP contribution in [0.15, 0.2) is 62.6 Å². The van der Waals surface area contributed by atoms with Gasteiger partial charge >= 0.3 is 5.76 Å². The molecule has 11 heteroatoms. The third-order valence-electron chi connectivity index (χ3n) is 5.63. The predicted octanol–water partition coefficient (Wildman–Crippen LogP) is 1.62. The lowest BCUT2D eigenvalue weighted by molar-refractivity contribution is -0.116. The first kappa shape index (κ1) is 24.1. The number of nitrogens with one attached hydrogen (secondary N) is 2. The zero-order valence-electron chi connectivity index (χ0n) is 18.7. The first-order valence-electron chi connectivity index (χ1n) is 11.2. The Labute approximate surface area is 197 Å². The zero-order valence-corrected chi connectivity index (χ0v) is 19.6. The van der Waals surface area contributed by atoms with Crippen LogP contribution in [-0.2, 0) is 26.1 Å². The van der Waals surface area contributed by atoms with E-state index in [1.807, 2.05) is 0 Å². The summed E-state index contributed by atoms with van der Waals surface area (Å²) in [5, 5.41) is 2.72. The highest BCUT2D eigenvalue weighted by atomic mass is 32.2. The Morgan fingerprint density at radius 1 is 1.00 bits per heavy atom. The summed E-state index contributed by atoms with van der Waals surface area (Å²) in [6, 6.07) is 13.0. The highest BCUT2D eigenvalue weighted by Gasteiger charge is 2.15. The highest BCUT2D eigenvalue weighted by molar-refractivity contribution is 7.89. The lowest BCUT2D eigenvalue weighted by Gasteiger charge is -2.26. The molecule has 0 bridgehead atoms. The third-order valence-corrected chi connectivity index (χ3v) is 7.11. The van der Waals surface area contributed by atoms with Gasteiger partial charge in [-0.05, 0) is 49.4 Å². The van der Waals surface area contributed by atoms with Crippen LogP contribution in [0.5, 0.6) is 0 Å². The van der Waals surface area contributed by atoms with Crippen molar-refractivity contribution in [2.45, 2.75) is 24.3 Å². The van der Waals surface area contributed by atoms with Crippen LogP contribution in [0.1, 0.15) is 12.8 Å². The lowest BCUT2D eigenvalue weighted by atomic mass is 10.3. The van der Waals surface area contributed by atoms with Crippen molar-refractivity contribution in [3.63, 3.8) is 0 Å². The minimum atomic E-state index is -3.63. The molecule has 0 unspecified atom stereocenters. The maximum absolute atomic E-state index is 12.5. The number of amides is 1. The van der Waals surface area contributed by atoms with Crippen LogP contribution in [0, 0.1) is 0 Å². The molecule has 0 saturated carbocycles. The van der Waals surface area contributed by atoms with Crippen LogP contribution in [0.2, 0.25) is 0 Å². The smallest absolute Gasteiger partial charge is 0.408 e. The molecule has 10 nitrogen and oxygen atoms in total. The van der Waals surface area contributed by atoms with Gasteiger partial charge in [-0.1, -0.05) is 12.1 Å². The number of hydrogen-bond donors (Lipinski definition) is 2. The monoisotopic (exact) mass is 488 g/mol. The minimum absolute atomic E-state index is 0.0637. The van der Waals surface area contributed by atoms with Crippen LogP contribution >= 0.6 is 0 Å². The Kier molecular flexibility index (Phi) is 7.78. The van der Waals surface area contributed by atoms with Crippen molar-refractivity contribution in [3.05, 3.63) is 59.1 Å². The van der Waals surface area contributed by atoms with E-state index >= 15 is 0 Å². The van der Waals surface area contributed by atoms with Crippen LogP contribution in [-0.4, -0.2) is 63.2 Å². The standard InChI is InChI=1S/C23H28N4O6S/c28-22(10-13-27-20-4-1-2-5-21(20)33-23(27)29)25-18-6-8-19(9-7-18)34(30,31)24-11-3-12-26-14-16-32-17-15-26/h1-2,4-9,24H,3,10-17H2,(H,25,28). The van der Waals surface area contributed by atoms with Gasteiger partial charge in [0, 0.05) is 38.3 Å². The molecule has 1 amide bonds. The number of rotatable bonds is 10. The van der Waals surface area contributed by atoms with E-state index in [1.54, 1.807) is 36.4 Å². The number of carbonyl (C=O) groups is 1. The van der Waals surface area contributed by atoms with Crippen molar-refractivity contribution in [2.75, 3.05) is 44.7 Å². The first-order chi connectivity index (χ1) is 16.4. The molecule has 1 saturated heterocycles. The first-order valence-corrected chi connectivity index (χ1v) is 12.7. The summed E-state index contributed by atoms with van der Waals surface area (Å²) in [6.07, 6.45) is 0.774. The maximum atomic E-state index is 12.5. The Hall–Kier alpha value is -2.99. The summed E-state index contributed by atoms with van der Waals surface area (Å²) in [4.78, 5) is 26.7. The number of fused-ring (bicyclic) bond motifs is 1. The molecule has 34 heavy (non-hydrogen) atoms. The topological polar surface area (TPSA) is 123 Å². The number of aromatic nitrogens is 1. The summed E-state index contributed by atoms with van der Waals surface area (Å²) in [5.74, 6) is -0.810. The number of anilines is 1. The fourth-order valence-corrected chi connectivity index (χ4v) is 4.87. The molecule has 4 rings (SSSR count). The fraction of sp³-hybridized carbons (Fsp3) is 0.391. The number of carbonyl (C=O) groups excluding carboxylic acids is 1. The van der Waals surface area contributed by atoms with Gasteiger partial charge in [-0.25, -0.2) is 17.9 Å². The van der Waals surface area contributed by atoms with Gasteiger partial charge < -0.3 is 14.5 Å². The van der Waals surface area contributed by atoms with Gasteiger partial charge in [-0.3, -0.25) is 14.3 Å². The maximum Gasteiger partial charge on any atom is 0.419 e. The van der Waals surface area contributed by atoms with Crippen molar-refractivity contribution in [1.29, 1.82) is 0 Å². The van der Waals surface area contributed by atoms with Crippen LogP contribution in [0.4, 0.5) is 5.69 Å². The quantitative estimate of drug-likeness (QED) is 0.416. The van der Waals surface area contributed by atoms with Gasteiger partial charge in [0.2, 0.25) is 15.9 Å².